The molecule has 0 aliphatic carbocycles. The minimum Gasteiger partial charge on any atom is -0.330 e. The molecule has 0 saturated carbocycles. The number of hydrogen-bond donors (Lipinski definition) is 2. The highest BCUT2D eigenvalue weighted by molar-refractivity contribution is 9.10. The van der Waals surface area contributed by atoms with E-state index in [0.717, 1.165) is 41.8 Å². The molecule has 3 nitrogen and oxygen atoms in total. The van der Waals surface area contributed by atoms with Gasteiger partial charge in [-0.2, -0.15) is 0 Å². The summed E-state index contributed by atoms with van der Waals surface area (Å²) in [5.74, 6) is 0.0954. The monoisotopic (exact) mass is 373 g/mol. The first-order valence-corrected chi connectivity index (χ1v) is 8.87. The lowest BCUT2D eigenvalue weighted by molar-refractivity contribution is -0.915. The first-order valence-electron chi connectivity index (χ1n) is 8.08. The molecular formula is C19H22BrN2O+. The second kappa shape index (κ2) is 7.28. The van der Waals surface area contributed by atoms with E-state index in [9.17, 15) is 4.79 Å². The number of benzene rings is 2. The van der Waals surface area contributed by atoms with Crippen LogP contribution in [0, 0.1) is 6.92 Å². The van der Waals surface area contributed by atoms with Gasteiger partial charge >= 0.3 is 0 Å². The second-order valence-electron chi connectivity index (χ2n) is 6.21. The lowest BCUT2D eigenvalue weighted by Crippen LogP contribution is -3.11. The molecule has 0 bridgehead atoms. The maximum Gasteiger partial charge on any atom is 0.230 e. The average molecular weight is 374 g/mol. The van der Waals surface area contributed by atoms with Crippen LogP contribution in [-0.2, 0) is 17.8 Å². The number of halogens is 1. The zero-order valence-corrected chi connectivity index (χ0v) is 14.9. The zero-order chi connectivity index (χ0) is 16.2. The van der Waals surface area contributed by atoms with Crippen molar-refractivity contribution in [1.29, 1.82) is 0 Å². The Morgan fingerprint density at radius 3 is 2.78 bits per heavy atom. The molecule has 1 heterocycles. The van der Waals surface area contributed by atoms with Gasteiger partial charge in [0, 0.05) is 22.1 Å². The van der Waals surface area contributed by atoms with Gasteiger partial charge in [0.2, 0.25) is 5.91 Å². The number of fused-ring (bicyclic) bond motifs is 1. The van der Waals surface area contributed by atoms with E-state index in [-0.39, 0.29) is 5.91 Å². The number of hydrogen-bond acceptors (Lipinski definition) is 1. The number of rotatable bonds is 4. The topological polar surface area (TPSA) is 33.5 Å². The normalized spacial score (nSPS) is 16.7. The fourth-order valence-corrected chi connectivity index (χ4v) is 3.34. The summed E-state index contributed by atoms with van der Waals surface area (Å²) >= 11 is 3.48. The van der Waals surface area contributed by atoms with Crippen LogP contribution in [0.1, 0.15) is 23.1 Å². The van der Waals surface area contributed by atoms with Crippen LogP contribution in [0.25, 0.3) is 0 Å². The highest BCUT2D eigenvalue weighted by Gasteiger charge is 2.19. The van der Waals surface area contributed by atoms with E-state index in [0.29, 0.717) is 6.42 Å². The summed E-state index contributed by atoms with van der Waals surface area (Å²) < 4.78 is 1.06. The van der Waals surface area contributed by atoms with Gasteiger partial charge in [0.1, 0.15) is 6.54 Å². The van der Waals surface area contributed by atoms with E-state index in [1.807, 2.05) is 25.1 Å². The van der Waals surface area contributed by atoms with Crippen LogP contribution in [0.5, 0.6) is 0 Å². The van der Waals surface area contributed by atoms with E-state index in [1.165, 1.54) is 16.0 Å². The Kier molecular flexibility index (Phi) is 5.13. The summed E-state index contributed by atoms with van der Waals surface area (Å²) in [6.07, 6.45) is 1.67. The summed E-state index contributed by atoms with van der Waals surface area (Å²) in [4.78, 5) is 13.7. The van der Waals surface area contributed by atoms with E-state index in [4.69, 9.17) is 0 Å². The SMILES string of the molecule is Cc1cc(NC(=O)CC[NH+]2CCc3ccccc3C2)ccc1Br. The number of carbonyl (C=O) groups excluding carboxylic acids is 1. The van der Waals surface area contributed by atoms with Crippen molar-refractivity contribution in [3.05, 3.63) is 63.6 Å². The van der Waals surface area contributed by atoms with Gasteiger partial charge < -0.3 is 10.2 Å². The van der Waals surface area contributed by atoms with E-state index in [2.05, 4.69) is 45.5 Å². The van der Waals surface area contributed by atoms with Crippen LogP contribution in [0.3, 0.4) is 0 Å². The van der Waals surface area contributed by atoms with Crippen molar-refractivity contribution < 1.29 is 9.69 Å². The van der Waals surface area contributed by atoms with Crippen molar-refractivity contribution in [3.63, 3.8) is 0 Å². The first-order chi connectivity index (χ1) is 11.1. The molecule has 1 atom stereocenters. The van der Waals surface area contributed by atoms with Gasteiger partial charge in [-0.1, -0.05) is 40.2 Å². The summed E-state index contributed by atoms with van der Waals surface area (Å²) in [6, 6.07) is 14.5. The van der Waals surface area contributed by atoms with Crippen molar-refractivity contribution in [1.82, 2.24) is 0 Å². The van der Waals surface area contributed by atoms with Gasteiger partial charge in [-0.05, 0) is 36.2 Å². The lowest BCUT2D eigenvalue weighted by Gasteiger charge is -2.25. The Morgan fingerprint density at radius 2 is 2.00 bits per heavy atom. The number of anilines is 1. The molecule has 0 aromatic heterocycles. The van der Waals surface area contributed by atoms with E-state index < -0.39 is 0 Å². The molecule has 0 spiro atoms. The Bertz CT molecular complexity index is 714. The number of nitrogens with one attached hydrogen (secondary N) is 2. The molecule has 4 heteroatoms. The molecule has 23 heavy (non-hydrogen) atoms. The maximum absolute atomic E-state index is 12.2. The minimum absolute atomic E-state index is 0.0954. The molecule has 2 aromatic carbocycles. The van der Waals surface area contributed by atoms with E-state index in [1.54, 1.807) is 0 Å². The van der Waals surface area contributed by atoms with Gasteiger partial charge in [0.05, 0.1) is 19.5 Å². The molecule has 2 N–H and O–H groups in total. The third-order valence-electron chi connectivity index (χ3n) is 4.45. The molecule has 120 valence electrons. The van der Waals surface area contributed by atoms with Gasteiger partial charge in [-0.3, -0.25) is 4.79 Å². The van der Waals surface area contributed by atoms with Crippen LogP contribution < -0.4 is 10.2 Å². The third kappa shape index (κ3) is 4.21. The van der Waals surface area contributed by atoms with E-state index >= 15 is 0 Å². The van der Waals surface area contributed by atoms with Crippen LogP contribution in [0.4, 0.5) is 5.69 Å². The lowest BCUT2D eigenvalue weighted by atomic mass is 10.00. The first kappa shape index (κ1) is 16.2. The fourth-order valence-electron chi connectivity index (χ4n) is 3.09. The average Bonchev–Trinajstić information content (AvgIpc) is 2.56. The van der Waals surface area contributed by atoms with Crippen LogP contribution in [0.15, 0.2) is 46.9 Å². The van der Waals surface area contributed by atoms with Crippen molar-refractivity contribution in [2.75, 3.05) is 18.4 Å². The van der Waals surface area contributed by atoms with Crippen molar-refractivity contribution in [2.24, 2.45) is 0 Å². The van der Waals surface area contributed by atoms with Crippen LogP contribution in [-0.4, -0.2) is 19.0 Å². The highest BCUT2D eigenvalue weighted by Crippen LogP contribution is 2.20. The molecule has 1 amide bonds. The molecule has 0 radical (unpaired) electrons. The van der Waals surface area contributed by atoms with Crippen LogP contribution in [0.2, 0.25) is 0 Å². The molecule has 1 aliphatic rings. The molecule has 1 aliphatic heterocycles. The largest absolute Gasteiger partial charge is 0.330 e. The quantitative estimate of drug-likeness (QED) is 0.848. The number of amides is 1. The Morgan fingerprint density at radius 1 is 1.22 bits per heavy atom. The van der Waals surface area contributed by atoms with Crippen molar-refractivity contribution in [2.45, 2.75) is 26.3 Å². The summed E-state index contributed by atoms with van der Waals surface area (Å²) in [5.41, 5.74) is 4.89. The summed E-state index contributed by atoms with van der Waals surface area (Å²) in [7, 11) is 0. The van der Waals surface area contributed by atoms with Gasteiger partial charge in [0.25, 0.3) is 0 Å². The smallest absolute Gasteiger partial charge is 0.230 e. The highest BCUT2D eigenvalue weighted by atomic mass is 79.9. The predicted octanol–water partition coefficient (Wildman–Crippen LogP) is 2.73. The maximum atomic E-state index is 12.2. The molecule has 3 rings (SSSR count). The fraction of sp³-hybridized carbons (Fsp3) is 0.316. The third-order valence-corrected chi connectivity index (χ3v) is 5.34. The van der Waals surface area contributed by atoms with Crippen molar-refractivity contribution in [3.8, 4) is 0 Å². The predicted molar refractivity (Wildman–Crippen MR) is 96.7 cm³/mol. The minimum atomic E-state index is 0.0954. The zero-order valence-electron chi connectivity index (χ0n) is 13.4. The molecule has 2 aromatic rings. The summed E-state index contributed by atoms with van der Waals surface area (Å²) in [6.45, 7) is 5.05. The number of carbonyl (C=O) groups is 1. The van der Waals surface area contributed by atoms with Crippen LogP contribution >= 0.6 is 15.9 Å². The van der Waals surface area contributed by atoms with Gasteiger partial charge in [-0.15, -0.1) is 0 Å². The summed E-state index contributed by atoms with van der Waals surface area (Å²) in [5, 5.41) is 3.00. The van der Waals surface area contributed by atoms with Crippen molar-refractivity contribution >= 4 is 27.5 Å². The Labute approximate surface area is 145 Å². The van der Waals surface area contributed by atoms with Gasteiger partial charge in [-0.25, -0.2) is 0 Å². The molecule has 1 unspecified atom stereocenters. The standard InChI is InChI=1S/C19H21BrN2O/c1-14-12-17(6-7-18(14)20)21-19(23)9-11-22-10-8-15-4-2-3-5-16(15)13-22/h2-7,12H,8-11,13H2,1H3,(H,21,23)/p+1. The van der Waals surface area contributed by atoms with Gasteiger partial charge in [0.15, 0.2) is 0 Å². The Hall–Kier alpha value is -1.65. The number of quaternary nitrogens is 1. The Balaban J connectivity index is 1.51. The number of aryl methyl sites for hydroxylation is 1. The second-order valence-corrected chi connectivity index (χ2v) is 7.06. The molecule has 0 saturated heterocycles. The molecular weight excluding hydrogens is 352 g/mol. The molecule has 0 fully saturated rings.